The smallest absolute Gasteiger partial charge is 0.193 e. The van der Waals surface area contributed by atoms with E-state index in [4.69, 9.17) is 0 Å². The van der Waals surface area contributed by atoms with Crippen LogP contribution in [0.1, 0.15) is 15.9 Å². The van der Waals surface area contributed by atoms with Crippen molar-refractivity contribution in [3.8, 4) is 22.6 Å². The zero-order valence-corrected chi connectivity index (χ0v) is 11.7. The van der Waals surface area contributed by atoms with E-state index in [-0.39, 0.29) is 17.3 Å². The molecule has 3 aromatic rings. The van der Waals surface area contributed by atoms with Crippen LogP contribution in [0.3, 0.4) is 0 Å². The molecule has 3 nitrogen and oxygen atoms in total. The van der Waals surface area contributed by atoms with Gasteiger partial charge in [-0.05, 0) is 35.9 Å². The van der Waals surface area contributed by atoms with Crippen LogP contribution in [-0.4, -0.2) is 16.0 Å². The van der Waals surface area contributed by atoms with Gasteiger partial charge >= 0.3 is 0 Å². The SMILES string of the molecule is O=C(c1cccc(O)c1)c1ccc(O)c(-c2ccccc2)c1. The molecule has 0 bridgehead atoms. The maximum Gasteiger partial charge on any atom is 0.193 e. The molecule has 0 saturated heterocycles. The first-order valence-electron chi connectivity index (χ1n) is 6.87. The van der Waals surface area contributed by atoms with Gasteiger partial charge in [-0.1, -0.05) is 42.5 Å². The number of hydrogen-bond acceptors (Lipinski definition) is 3. The summed E-state index contributed by atoms with van der Waals surface area (Å²) >= 11 is 0. The van der Waals surface area contributed by atoms with Gasteiger partial charge in [0.05, 0.1) is 0 Å². The summed E-state index contributed by atoms with van der Waals surface area (Å²) in [7, 11) is 0. The first kappa shape index (κ1) is 13.9. The number of carbonyl (C=O) groups is 1. The summed E-state index contributed by atoms with van der Waals surface area (Å²) in [6.07, 6.45) is 0. The third kappa shape index (κ3) is 2.69. The second-order valence-corrected chi connectivity index (χ2v) is 4.98. The van der Waals surface area contributed by atoms with Crippen molar-refractivity contribution < 1.29 is 15.0 Å². The number of rotatable bonds is 3. The predicted octanol–water partition coefficient (Wildman–Crippen LogP) is 4.00. The Labute approximate surface area is 128 Å². The van der Waals surface area contributed by atoms with Gasteiger partial charge in [0.15, 0.2) is 5.78 Å². The Kier molecular flexibility index (Phi) is 3.62. The summed E-state index contributed by atoms with van der Waals surface area (Å²) in [4.78, 5) is 12.5. The largest absolute Gasteiger partial charge is 0.508 e. The first-order valence-corrected chi connectivity index (χ1v) is 6.87. The Bertz CT molecular complexity index is 823. The van der Waals surface area contributed by atoms with Crippen molar-refractivity contribution in [2.45, 2.75) is 0 Å². The molecular formula is C19H14O3. The van der Waals surface area contributed by atoms with E-state index in [2.05, 4.69) is 0 Å². The van der Waals surface area contributed by atoms with Crippen LogP contribution in [-0.2, 0) is 0 Å². The van der Waals surface area contributed by atoms with Gasteiger partial charge < -0.3 is 10.2 Å². The second-order valence-electron chi connectivity index (χ2n) is 4.98. The number of aromatic hydroxyl groups is 2. The Morgan fingerprint density at radius 2 is 1.45 bits per heavy atom. The van der Waals surface area contributed by atoms with Crippen LogP contribution in [0.4, 0.5) is 0 Å². The number of ketones is 1. The zero-order valence-electron chi connectivity index (χ0n) is 11.7. The Morgan fingerprint density at radius 3 is 2.18 bits per heavy atom. The van der Waals surface area contributed by atoms with E-state index in [9.17, 15) is 15.0 Å². The molecule has 3 rings (SSSR count). The van der Waals surface area contributed by atoms with Crippen LogP contribution in [0.15, 0.2) is 72.8 Å². The monoisotopic (exact) mass is 290 g/mol. The average Bonchev–Trinajstić information content (AvgIpc) is 2.55. The molecule has 3 heteroatoms. The van der Waals surface area contributed by atoms with Gasteiger partial charge in [-0.3, -0.25) is 4.79 Å². The van der Waals surface area contributed by atoms with Crippen LogP contribution in [0.25, 0.3) is 11.1 Å². The van der Waals surface area contributed by atoms with Crippen molar-refractivity contribution in [2.24, 2.45) is 0 Å². The van der Waals surface area contributed by atoms with E-state index < -0.39 is 0 Å². The van der Waals surface area contributed by atoms with Crippen LogP contribution in [0, 0.1) is 0 Å². The maximum atomic E-state index is 12.5. The molecule has 0 saturated carbocycles. The van der Waals surface area contributed by atoms with Gasteiger partial charge in [-0.2, -0.15) is 0 Å². The first-order chi connectivity index (χ1) is 10.6. The lowest BCUT2D eigenvalue weighted by Gasteiger charge is -2.08. The Hall–Kier alpha value is -3.07. The molecule has 0 amide bonds. The van der Waals surface area contributed by atoms with Crippen molar-refractivity contribution >= 4 is 5.78 Å². The fourth-order valence-electron chi connectivity index (χ4n) is 2.34. The summed E-state index contributed by atoms with van der Waals surface area (Å²) in [5.74, 6) is -0.0281. The van der Waals surface area contributed by atoms with E-state index >= 15 is 0 Å². The fraction of sp³-hybridized carbons (Fsp3) is 0. The van der Waals surface area contributed by atoms with Crippen molar-refractivity contribution in [3.05, 3.63) is 83.9 Å². The minimum Gasteiger partial charge on any atom is -0.508 e. The van der Waals surface area contributed by atoms with Gasteiger partial charge in [0.2, 0.25) is 0 Å². The van der Waals surface area contributed by atoms with Crippen LogP contribution >= 0.6 is 0 Å². The predicted molar refractivity (Wildman–Crippen MR) is 85.1 cm³/mol. The molecule has 0 atom stereocenters. The molecule has 108 valence electrons. The third-order valence-corrected chi connectivity index (χ3v) is 3.45. The molecular weight excluding hydrogens is 276 g/mol. The molecule has 3 aromatic carbocycles. The molecule has 0 unspecified atom stereocenters. The van der Waals surface area contributed by atoms with E-state index in [0.29, 0.717) is 16.7 Å². The molecule has 0 aromatic heterocycles. The summed E-state index contributed by atoms with van der Waals surface area (Å²) in [5, 5.41) is 19.5. The van der Waals surface area contributed by atoms with E-state index in [1.165, 1.54) is 18.2 Å². The standard InChI is InChI=1S/C19H14O3/c20-16-8-4-7-14(11-16)19(22)15-9-10-18(21)17(12-15)13-5-2-1-3-6-13/h1-12,20-21H. The fourth-order valence-corrected chi connectivity index (χ4v) is 2.34. The van der Waals surface area contributed by atoms with E-state index in [1.54, 1.807) is 24.3 Å². The highest BCUT2D eigenvalue weighted by atomic mass is 16.3. The minimum atomic E-state index is -0.201. The van der Waals surface area contributed by atoms with Crippen molar-refractivity contribution in [3.63, 3.8) is 0 Å². The molecule has 0 spiro atoms. The summed E-state index contributed by atoms with van der Waals surface area (Å²) < 4.78 is 0. The van der Waals surface area contributed by atoms with Crippen molar-refractivity contribution in [2.75, 3.05) is 0 Å². The number of phenols is 2. The normalized spacial score (nSPS) is 10.4. The molecule has 0 fully saturated rings. The highest BCUT2D eigenvalue weighted by molar-refractivity contribution is 6.10. The molecule has 0 radical (unpaired) electrons. The van der Waals surface area contributed by atoms with E-state index in [0.717, 1.165) is 5.56 Å². The minimum absolute atomic E-state index is 0.0490. The van der Waals surface area contributed by atoms with Crippen LogP contribution < -0.4 is 0 Å². The number of benzene rings is 3. The van der Waals surface area contributed by atoms with Gasteiger partial charge in [0.1, 0.15) is 11.5 Å². The molecule has 0 aliphatic heterocycles. The number of hydrogen-bond donors (Lipinski definition) is 2. The van der Waals surface area contributed by atoms with Gasteiger partial charge in [0, 0.05) is 16.7 Å². The second kappa shape index (κ2) is 5.74. The van der Waals surface area contributed by atoms with Crippen molar-refractivity contribution in [1.82, 2.24) is 0 Å². The highest BCUT2D eigenvalue weighted by Gasteiger charge is 2.13. The zero-order chi connectivity index (χ0) is 15.5. The Morgan fingerprint density at radius 1 is 0.727 bits per heavy atom. The van der Waals surface area contributed by atoms with Gasteiger partial charge in [-0.15, -0.1) is 0 Å². The maximum absolute atomic E-state index is 12.5. The number of phenolic OH excluding ortho intramolecular Hbond substituents is 2. The molecule has 0 aliphatic carbocycles. The average molecular weight is 290 g/mol. The third-order valence-electron chi connectivity index (χ3n) is 3.45. The lowest BCUT2D eigenvalue weighted by Crippen LogP contribution is -2.01. The summed E-state index contributed by atoms with van der Waals surface area (Å²) in [6, 6.07) is 20.4. The highest BCUT2D eigenvalue weighted by Crippen LogP contribution is 2.30. The Balaban J connectivity index is 2.04. The quantitative estimate of drug-likeness (QED) is 0.717. The molecule has 0 heterocycles. The lowest BCUT2D eigenvalue weighted by molar-refractivity contribution is 0.103. The van der Waals surface area contributed by atoms with Gasteiger partial charge in [-0.25, -0.2) is 0 Å². The molecule has 2 N–H and O–H groups in total. The van der Waals surface area contributed by atoms with Gasteiger partial charge in [0.25, 0.3) is 0 Å². The summed E-state index contributed by atoms with van der Waals surface area (Å²) in [5.41, 5.74) is 2.31. The van der Waals surface area contributed by atoms with Crippen LogP contribution in [0.2, 0.25) is 0 Å². The molecule has 0 aliphatic rings. The topological polar surface area (TPSA) is 57.5 Å². The van der Waals surface area contributed by atoms with E-state index in [1.807, 2.05) is 30.3 Å². The number of carbonyl (C=O) groups excluding carboxylic acids is 1. The molecule has 22 heavy (non-hydrogen) atoms. The van der Waals surface area contributed by atoms with Crippen molar-refractivity contribution in [1.29, 1.82) is 0 Å². The summed E-state index contributed by atoms with van der Waals surface area (Å²) in [6.45, 7) is 0. The van der Waals surface area contributed by atoms with Crippen LogP contribution in [0.5, 0.6) is 11.5 Å². The lowest BCUT2D eigenvalue weighted by atomic mass is 9.97.